The van der Waals surface area contributed by atoms with Gasteiger partial charge < -0.3 is 29.3 Å². The first-order chi connectivity index (χ1) is 19.0. The lowest BCUT2D eigenvalue weighted by Gasteiger charge is -2.38. The van der Waals surface area contributed by atoms with Gasteiger partial charge in [0.15, 0.2) is 11.9 Å². The summed E-state index contributed by atoms with van der Waals surface area (Å²) < 4.78 is 17.9. The van der Waals surface area contributed by atoms with Gasteiger partial charge in [0.1, 0.15) is 18.1 Å². The number of carbonyl (C=O) groups excluding carboxylic acids is 2. The van der Waals surface area contributed by atoms with E-state index in [1.165, 1.54) is 0 Å². The highest BCUT2D eigenvalue weighted by molar-refractivity contribution is 5.93. The second kappa shape index (κ2) is 12.2. The van der Waals surface area contributed by atoms with Crippen molar-refractivity contribution in [2.75, 3.05) is 24.8 Å². The van der Waals surface area contributed by atoms with E-state index in [-0.39, 0.29) is 24.5 Å². The fourth-order valence-corrected chi connectivity index (χ4v) is 5.31. The van der Waals surface area contributed by atoms with Crippen molar-refractivity contribution in [3.63, 3.8) is 0 Å². The summed E-state index contributed by atoms with van der Waals surface area (Å²) in [5.41, 5.74) is 2.12. The monoisotopic (exact) mass is 549 g/mol. The number of rotatable bonds is 9. The van der Waals surface area contributed by atoms with Gasteiger partial charge >= 0.3 is 0 Å². The number of carbonyl (C=O) groups is 2. The lowest BCUT2D eigenvalue weighted by Crippen LogP contribution is -2.55. The molecule has 2 aliphatic heterocycles. The van der Waals surface area contributed by atoms with Gasteiger partial charge in [-0.3, -0.25) is 9.59 Å². The van der Waals surface area contributed by atoms with E-state index >= 15 is 0 Å². The highest BCUT2D eigenvalue weighted by Crippen LogP contribution is 2.41. The van der Waals surface area contributed by atoms with Gasteiger partial charge in [0.25, 0.3) is 5.91 Å². The van der Waals surface area contributed by atoms with Crippen LogP contribution in [-0.4, -0.2) is 54.3 Å². The Morgan fingerprint density at radius 3 is 2.38 bits per heavy atom. The van der Waals surface area contributed by atoms with E-state index in [1.807, 2.05) is 83.1 Å². The number of hydrogen-bond acceptors (Lipinski definition) is 6. The van der Waals surface area contributed by atoms with Crippen molar-refractivity contribution in [3.05, 3.63) is 71.7 Å². The number of ether oxygens (including phenoxy) is 3. The van der Waals surface area contributed by atoms with E-state index < -0.39 is 23.7 Å². The third-order valence-corrected chi connectivity index (χ3v) is 7.23. The van der Waals surface area contributed by atoms with Crippen LogP contribution in [0.25, 0.3) is 0 Å². The van der Waals surface area contributed by atoms with E-state index in [2.05, 4.69) is 24.1 Å². The number of hydrogen-bond donors (Lipinski definition) is 1. The summed E-state index contributed by atoms with van der Waals surface area (Å²) in [6.45, 7) is 15.6. The van der Waals surface area contributed by atoms with Gasteiger partial charge in [-0.25, -0.2) is 0 Å². The Morgan fingerprint density at radius 2 is 1.80 bits per heavy atom. The first-order valence-electron chi connectivity index (χ1n) is 14.2. The largest absolute Gasteiger partial charge is 0.480 e. The molecule has 0 aromatic heterocycles. The van der Waals surface area contributed by atoms with E-state index in [4.69, 9.17) is 14.2 Å². The van der Waals surface area contributed by atoms with Crippen LogP contribution in [0.15, 0.2) is 60.6 Å². The second-order valence-electron chi connectivity index (χ2n) is 11.7. The van der Waals surface area contributed by atoms with Gasteiger partial charge in [-0.05, 0) is 52.2 Å². The van der Waals surface area contributed by atoms with E-state index in [1.54, 1.807) is 11.2 Å². The molecule has 0 saturated heterocycles. The lowest BCUT2D eigenvalue weighted by atomic mass is 9.94. The van der Waals surface area contributed by atoms with Crippen LogP contribution in [0.3, 0.4) is 0 Å². The van der Waals surface area contributed by atoms with Crippen LogP contribution in [0.4, 0.5) is 5.69 Å². The normalized spacial score (nSPS) is 19.6. The summed E-state index contributed by atoms with van der Waals surface area (Å²) in [5, 5.41) is 3.13. The van der Waals surface area contributed by atoms with Gasteiger partial charge in [-0.15, -0.1) is 0 Å². The lowest BCUT2D eigenvalue weighted by molar-refractivity contribution is -0.150. The molecule has 216 valence electrons. The van der Waals surface area contributed by atoms with Crippen molar-refractivity contribution in [3.8, 4) is 5.75 Å². The predicted octanol–water partition coefficient (Wildman–Crippen LogP) is 5.19. The van der Waals surface area contributed by atoms with E-state index in [0.717, 1.165) is 24.3 Å². The molecular weight excluding hydrogens is 506 g/mol. The Balaban J connectivity index is 1.93. The van der Waals surface area contributed by atoms with E-state index in [9.17, 15) is 9.59 Å². The molecule has 2 amide bonds. The predicted molar refractivity (Wildman–Crippen MR) is 156 cm³/mol. The molecule has 0 bridgehead atoms. The van der Waals surface area contributed by atoms with Gasteiger partial charge in [0.2, 0.25) is 12.7 Å². The second-order valence-corrected chi connectivity index (χ2v) is 11.7. The molecule has 2 heterocycles. The summed E-state index contributed by atoms with van der Waals surface area (Å²) in [5.74, 6) is 0.377. The zero-order valence-electron chi connectivity index (χ0n) is 24.8. The average molecular weight is 550 g/mol. The van der Waals surface area contributed by atoms with Crippen LogP contribution in [0.5, 0.6) is 5.75 Å². The minimum Gasteiger partial charge on any atom is -0.480 e. The van der Waals surface area contributed by atoms with Crippen molar-refractivity contribution in [2.45, 2.75) is 78.6 Å². The Kier molecular flexibility index (Phi) is 8.96. The molecule has 2 aromatic rings. The molecular formula is C32H43N3O5. The van der Waals surface area contributed by atoms with Crippen molar-refractivity contribution < 1.29 is 23.8 Å². The zero-order chi connectivity index (χ0) is 29.0. The Morgan fingerprint density at radius 1 is 1.10 bits per heavy atom. The van der Waals surface area contributed by atoms with Gasteiger partial charge in [-0.2, -0.15) is 0 Å². The van der Waals surface area contributed by atoms with Gasteiger partial charge in [0.05, 0.1) is 6.04 Å². The molecule has 0 spiro atoms. The molecule has 0 aliphatic carbocycles. The molecule has 0 fully saturated rings. The van der Waals surface area contributed by atoms with E-state index in [0.29, 0.717) is 23.5 Å². The highest BCUT2D eigenvalue weighted by atomic mass is 16.7. The summed E-state index contributed by atoms with van der Waals surface area (Å²) in [6.07, 6.45) is 1.21. The molecule has 2 aliphatic rings. The smallest absolute Gasteiger partial charge is 0.265 e. The maximum absolute atomic E-state index is 14.5. The SMILES string of the molecule is CCN(CC)c1ccc2c(c1)OC(C(C)C)C(=O)N(C(Cc1ccccc1)C1=COCO1)C2C(=O)NC(C)(C)C. The first-order valence-corrected chi connectivity index (χ1v) is 14.2. The van der Waals surface area contributed by atoms with Crippen LogP contribution in [0.2, 0.25) is 0 Å². The zero-order valence-corrected chi connectivity index (χ0v) is 24.8. The van der Waals surface area contributed by atoms with Crippen LogP contribution in [-0.2, 0) is 25.5 Å². The summed E-state index contributed by atoms with van der Waals surface area (Å²) in [6, 6.07) is 14.3. The number of nitrogens with one attached hydrogen (secondary N) is 1. The van der Waals surface area contributed by atoms with Crippen LogP contribution < -0.4 is 15.0 Å². The number of amides is 2. The maximum atomic E-state index is 14.5. The van der Waals surface area contributed by atoms with Gasteiger partial charge in [0, 0.05) is 42.4 Å². The standard InChI is InChI=1S/C32H43N3O5/c1-8-34(9-2)23-15-16-24-26(18-23)40-29(21(3)4)31(37)35(28(24)30(36)33-32(5,6)7)25(27-19-38-20-39-27)17-22-13-11-10-12-14-22/h10-16,18-19,21,25,28-29H,8-9,17,20H2,1-7H3,(H,33,36). The van der Waals surface area contributed by atoms with Crippen molar-refractivity contribution in [1.82, 2.24) is 10.2 Å². The number of benzene rings is 2. The summed E-state index contributed by atoms with van der Waals surface area (Å²) in [4.78, 5) is 32.6. The third kappa shape index (κ3) is 6.37. The molecule has 4 rings (SSSR count). The fraction of sp³-hybridized carbons (Fsp3) is 0.500. The maximum Gasteiger partial charge on any atom is 0.265 e. The molecule has 8 nitrogen and oxygen atoms in total. The molecule has 2 aromatic carbocycles. The number of nitrogens with zero attached hydrogens (tertiary/aromatic N) is 2. The average Bonchev–Trinajstić information content (AvgIpc) is 3.40. The molecule has 40 heavy (non-hydrogen) atoms. The Labute approximate surface area is 238 Å². The van der Waals surface area contributed by atoms with Crippen LogP contribution in [0, 0.1) is 5.92 Å². The molecule has 3 atom stereocenters. The molecule has 8 heteroatoms. The minimum absolute atomic E-state index is 0.0649. The van der Waals surface area contributed by atoms with Crippen LogP contribution in [0.1, 0.15) is 65.6 Å². The minimum atomic E-state index is -0.949. The third-order valence-electron chi connectivity index (χ3n) is 7.23. The summed E-state index contributed by atoms with van der Waals surface area (Å²) >= 11 is 0. The van der Waals surface area contributed by atoms with Gasteiger partial charge in [-0.1, -0.05) is 50.2 Å². The quantitative estimate of drug-likeness (QED) is 0.464. The highest BCUT2D eigenvalue weighted by Gasteiger charge is 2.47. The van der Waals surface area contributed by atoms with Crippen molar-refractivity contribution >= 4 is 17.5 Å². The topological polar surface area (TPSA) is 80.3 Å². The first kappa shape index (κ1) is 29.3. The molecule has 1 N–H and O–H groups in total. The molecule has 3 unspecified atom stereocenters. The molecule has 0 saturated carbocycles. The molecule has 0 radical (unpaired) electrons. The Hall–Kier alpha value is -3.68. The van der Waals surface area contributed by atoms with Crippen LogP contribution >= 0.6 is 0 Å². The van der Waals surface area contributed by atoms with Crippen molar-refractivity contribution in [2.24, 2.45) is 5.92 Å². The Bertz CT molecular complexity index is 1220. The number of anilines is 1. The fourth-order valence-electron chi connectivity index (χ4n) is 5.31. The summed E-state index contributed by atoms with van der Waals surface area (Å²) in [7, 11) is 0. The van der Waals surface area contributed by atoms with Crippen molar-refractivity contribution in [1.29, 1.82) is 0 Å². The number of fused-ring (bicyclic) bond motifs is 1.